The van der Waals surface area contributed by atoms with E-state index in [9.17, 15) is 14.4 Å². The summed E-state index contributed by atoms with van der Waals surface area (Å²) >= 11 is 0. The van der Waals surface area contributed by atoms with Crippen LogP contribution in [-0.4, -0.2) is 100 Å². The summed E-state index contributed by atoms with van der Waals surface area (Å²) in [5.74, 6) is 3.16. The molecular formula is C45H56N8O7. The highest BCUT2D eigenvalue weighted by Gasteiger charge is 2.38. The molecule has 2 saturated heterocycles. The molecule has 2 fully saturated rings. The zero-order chi connectivity index (χ0) is 42.2. The first-order chi connectivity index (χ1) is 29.0. The molecule has 0 radical (unpaired) electrons. The lowest BCUT2D eigenvalue weighted by Crippen LogP contribution is -2.51. The van der Waals surface area contributed by atoms with E-state index in [2.05, 4.69) is 70.2 Å². The van der Waals surface area contributed by atoms with Gasteiger partial charge in [0.25, 0.3) is 0 Å². The molecule has 4 N–H and O–H groups in total. The Morgan fingerprint density at radius 3 is 1.80 bits per heavy atom. The number of benzene rings is 2. The minimum atomic E-state index is -0.700. The average Bonchev–Trinajstić information content (AvgIpc) is 4.10. The number of hydrogen-bond donors (Lipinski definition) is 4. The SMILES string of the molecule is C=C([C@@H](NC(=O)OC)C(C)C)N1CCC[C@H]1c1ncc(-c2ccc(-c3ccc(-c4cnc([C@@H]5CCCN5C(=O)[C@@H](NC(=O)OC)C(C)C)[nH]4)c4c3OCC4)c3c2OCC3)[nH]1. The quantitative estimate of drug-likeness (QED) is 0.116. The van der Waals surface area contributed by atoms with E-state index in [1.165, 1.54) is 14.2 Å². The lowest BCUT2D eigenvalue weighted by Gasteiger charge is -2.34. The van der Waals surface area contributed by atoms with E-state index < -0.39 is 18.2 Å². The number of imidazole rings is 2. The van der Waals surface area contributed by atoms with Gasteiger partial charge in [-0.15, -0.1) is 0 Å². The first-order valence-corrected chi connectivity index (χ1v) is 21.1. The summed E-state index contributed by atoms with van der Waals surface area (Å²) < 4.78 is 22.4. The van der Waals surface area contributed by atoms with E-state index >= 15 is 0 Å². The molecule has 4 aromatic rings. The van der Waals surface area contributed by atoms with Crippen LogP contribution in [0.1, 0.15) is 88.2 Å². The molecule has 2 aromatic heterocycles. The van der Waals surface area contributed by atoms with E-state index in [1.54, 1.807) is 0 Å². The number of hydrogen-bond acceptors (Lipinski definition) is 10. The zero-order valence-corrected chi connectivity index (χ0v) is 35.4. The third-order valence-electron chi connectivity index (χ3n) is 12.4. The Hall–Kier alpha value is -5.99. The second-order valence-electron chi connectivity index (χ2n) is 16.7. The van der Waals surface area contributed by atoms with Crippen molar-refractivity contribution in [3.8, 4) is 45.1 Å². The monoisotopic (exact) mass is 820 g/mol. The molecule has 0 spiro atoms. The number of carbonyl (C=O) groups excluding carboxylic acids is 3. The molecule has 2 aromatic carbocycles. The molecule has 0 saturated carbocycles. The third kappa shape index (κ3) is 7.54. The molecule has 0 aliphatic carbocycles. The van der Waals surface area contributed by atoms with Crippen LogP contribution in [0, 0.1) is 11.8 Å². The normalized spacial score (nSPS) is 19.1. The topological polar surface area (TPSA) is 176 Å². The van der Waals surface area contributed by atoms with Crippen LogP contribution in [0.2, 0.25) is 0 Å². The second kappa shape index (κ2) is 16.9. The molecule has 60 heavy (non-hydrogen) atoms. The molecule has 3 amide bonds. The van der Waals surface area contributed by atoms with Crippen LogP contribution in [0.5, 0.6) is 11.5 Å². The van der Waals surface area contributed by atoms with E-state index in [0.29, 0.717) is 19.8 Å². The molecule has 0 bridgehead atoms. The Bertz CT molecular complexity index is 2120. The molecule has 0 unspecified atom stereocenters. The number of amides is 3. The van der Waals surface area contributed by atoms with E-state index in [4.69, 9.17) is 28.9 Å². The van der Waals surface area contributed by atoms with E-state index in [1.807, 2.05) is 31.1 Å². The van der Waals surface area contributed by atoms with Crippen molar-refractivity contribution in [2.75, 3.05) is 40.5 Å². The number of ether oxygens (including phenoxy) is 4. The van der Waals surface area contributed by atoms with Crippen molar-refractivity contribution in [3.63, 3.8) is 0 Å². The van der Waals surface area contributed by atoms with Gasteiger partial charge in [-0.2, -0.15) is 0 Å². The average molecular weight is 821 g/mol. The number of H-pyrrole nitrogens is 2. The molecule has 8 rings (SSSR count). The lowest BCUT2D eigenvalue weighted by atomic mass is 9.91. The van der Waals surface area contributed by atoms with Crippen LogP contribution in [-0.2, 0) is 27.1 Å². The van der Waals surface area contributed by atoms with Gasteiger partial charge in [0.15, 0.2) is 0 Å². The van der Waals surface area contributed by atoms with Gasteiger partial charge < -0.3 is 49.3 Å². The first-order valence-electron chi connectivity index (χ1n) is 21.1. The van der Waals surface area contributed by atoms with Crippen molar-refractivity contribution < 1.29 is 33.3 Å². The van der Waals surface area contributed by atoms with Crippen molar-refractivity contribution in [3.05, 3.63) is 71.7 Å². The third-order valence-corrected chi connectivity index (χ3v) is 12.4. The maximum Gasteiger partial charge on any atom is 0.407 e. The van der Waals surface area contributed by atoms with Gasteiger partial charge in [0.05, 0.1) is 69.3 Å². The second-order valence-corrected chi connectivity index (χ2v) is 16.7. The van der Waals surface area contributed by atoms with Crippen LogP contribution in [0.25, 0.3) is 33.6 Å². The summed E-state index contributed by atoms with van der Waals surface area (Å²) in [6.45, 7) is 14.9. The molecule has 4 aliphatic heterocycles. The van der Waals surface area contributed by atoms with Crippen molar-refractivity contribution in [2.45, 2.75) is 90.4 Å². The number of likely N-dealkylation sites (tertiary alicyclic amines) is 2. The molecule has 318 valence electrons. The Balaban J connectivity index is 1.04. The van der Waals surface area contributed by atoms with Gasteiger partial charge in [-0.05, 0) is 55.2 Å². The minimum Gasteiger partial charge on any atom is -0.492 e. The van der Waals surface area contributed by atoms with Crippen molar-refractivity contribution >= 4 is 18.1 Å². The predicted molar refractivity (Wildman–Crippen MR) is 225 cm³/mol. The standard InChI is InChI=1S/C45H56N8O7/c1-24(2)37(50-44(55)57-6)26(5)52-18-8-10-35(52)41-47-23-34(49-41)32-15-12-27(30-16-20-60-40(30)32)29-14-13-28(31-17-21-59-39(29)31)33-22-46-42(48-33)36-11-9-19-53(36)43(54)38(25(3)4)51-45(56)58-7/h12-15,22-25,35-38H,5,8-11,16-21H2,1-4,6-7H3,(H,46,48)(H,47,49)(H,50,55)(H,51,56)/t35-,36-,37-,38-/m0/s1. The number of nitrogens with zero attached hydrogens (tertiary/aromatic N) is 4. The summed E-state index contributed by atoms with van der Waals surface area (Å²) in [4.78, 5) is 58.9. The fourth-order valence-electron chi connectivity index (χ4n) is 9.39. The van der Waals surface area contributed by atoms with Crippen molar-refractivity contribution in [1.29, 1.82) is 0 Å². The van der Waals surface area contributed by atoms with Gasteiger partial charge in [0, 0.05) is 59.4 Å². The summed E-state index contributed by atoms with van der Waals surface area (Å²) in [6, 6.07) is 7.32. The summed E-state index contributed by atoms with van der Waals surface area (Å²) in [7, 11) is 2.67. The van der Waals surface area contributed by atoms with E-state index in [-0.39, 0.29) is 35.9 Å². The summed E-state index contributed by atoms with van der Waals surface area (Å²) in [6.07, 6.45) is 7.67. The number of aromatic amines is 2. The number of nitrogens with one attached hydrogen (secondary N) is 4. The Kier molecular flexibility index (Phi) is 11.5. The van der Waals surface area contributed by atoms with Crippen LogP contribution >= 0.6 is 0 Å². The van der Waals surface area contributed by atoms with Gasteiger partial charge in [-0.3, -0.25) is 4.79 Å². The number of aromatic nitrogens is 4. The number of methoxy groups -OCH3 is 2. The largest absolute Gasteiger partial charge is 0.492 e. The molecule has 6 heterocycles. The first kappa shape index (κ1) is 40.8. The molecular weight excluding hydrogens is 765 g/mol. The Morgan fingerprint density at radius 1 is 0.717 bits per heavy atom. The van der Waals surface area contributed by atoms with Crippen molar-refractivity contribution in [1.82, 2.24) is 40.4 Å². The smallest absolute Gasteiger partial charge is 0.407 e. The Morgan fingerprint density at radius 2 is 1.20 bits per heavy atom. The van der Waals surface area contributed by atoms with Crippen LogP contribution in [0.4, 0.5) is 9.59 Å². The maximum atomic E-state index is 13.7. The van der Waals surface area contributed by atoms with Crippen LogP contribution in [0.3, 0.4) is 0 Å². The van der Waals surface area contributed by atoms with Gasteiger partial charge in [-0.1, -0.05) is 46.4 Å². The zero-order valence-electron chi connectivity index (χ0n) is 35.4. The maximum absolute atomic E-state index is 13.7. The highest BCUT2D eigenvalue weighted by Crippen LogP contribution is 2.48. The predicted octanol–water partition coefficient (Wildman–Crippen LogP) is 7.08. The fourth-order valence-corrected chi connectivity index (χ4v) is 9.39. The molecule has 15 nitrogen and oxygen atoms in total. The minimum absolute atomic E-state index is 0.00320. The Labute approximate surface area is 350 Å². The molecule has 4 aliphatic rings. The fraction of sp³-hybridized carbons (Fsp3) is 0.489. The highest BCUT2D eigenvalue weighted by molar-refractivity contribution is 5.87. The molecule has 15 heteroatoms. The van der Waals surface area contributed by atoms with Crippen LogP contribution in [0.15, 0.2) is 48.9 Å². The number of fused-ring (bicyclic) bond motifs is 2. The lowest BCUT2D eigenvalue weighted by molar-refractivity contribution is -0.135. The summed E-state index contributed by atoms with van der Waals surface area (Å²) in [5.41, 5.74) is 8.93. The van der Waals surface area contributed by atoms with Gasteiger partial charge >= 0.3 is 12.2 Å². The van der Waals surface area contributed by atoms with Gasteiger partial charge in [0.1, 0.15) is 29.2 Å². The summed E-state index contributed by atoms with van der Waals surface area (Å²) in [5, 5.41) is 5.68. The van der Waals surface area contributed by atoms with Gasteiger partial charge in [-0.25, -0.2) is 19.6 Å². The number of rotatable bonds is 12. The van der Waals surface area contributed by atoms with Gasteiger partial charge in [0.2, 0.25) is 5.91 Å². The van der Waals surface area contributed by atoms with Crippen molar-refractivity contribution in [2.24, 2.45) is 11.8 Å². The van der Waals surface area contributed by atoms with E-state index in [0.717, 1.165) is 119 Å². The highest BCUT2D eigenvalue weighted by atomic mass is 16.5. The molecule has 4 atom stereocenters. The number of carbonyl (C=O) groups is 3. The van der Waals surface area contributed by atoms with Crippen LogP contribution < -0.4 is 20.1 Å². The number of alkyl carbamates (subject to hydrolysis) is 2.